The highest BCUT2D eigenvalue weighted by Gasteiger charge is 2.41. The van der Waals surface area contributed by atoms with Crippen molar-refractivity contribution >= 4 is 11.8 Å². The maximum Gasteiger partial charge on any atom is 0.245 e. The van der Waals surface area contributed by atoms with Crippen LogP contribution < -0.4 is 5.32 Å². The van der Waals surface area contributed by atoms with Gasteiger partial charge in [0.1, 0.15) is 6.04 Å². The fraction of sp³-hybridized carbons (Fsp3) is 0.857. The first-order chi connectivity index (χ1) is 9.63. The van der Waals surface area contributed by atoms with Gasteiger partial charge in [-0.3, -0.25) is 9.59 Å². The van der Waals surface area contributed by atoms with E-state index < -0.39 is 0 Å². The van der Waals surface area contributed by atoms with E-state index in [0.717, 1.165) is 25.9 Å². The predicted molar refractivity (Wildman–Crippen MR) is 73.1 cm³/mol. The van der Waals surface area contributed by atoms with Gasteiger partial charge in [0.15, 0.2) is 0 Å². The Balaban J connectivity index is 1.64. The van der Waals surface area contributed by atoms with Crippen LogP contribution in [0.15, 0.2) is 0 Å². The third-order valence-electron chi connectivity index (χ3n) is 4.36. The Morgan fingerprint density at radius 1 is 1.30 bits per heavy atom. The molecule has 20 heavy (non-hydrogen) atoms. The third kappa shape index (κ3) is 3.12. The van der Waals surface area contributed by atoms with Gasteiger partial charge in [0.05, 0.1) is 12.7 Å². The van der Waals surface area contributed by atoms with Crippen molar-refractivity contribution < 1.29 is 14.3 Å². The molecule has 1 saturated carbocycles. The minimum Gasteiger partial charge on any atom is -0.374 e. The molecule has 2 heterocycles. The van der Waals surface area contributed by atoms with Crippen LogP contribution in [0.4, 0.5) is 0 Å². The van der Waals surface area contributed by atoms with Crippen LogP contribution in [0.5, 0.6) is 0 Å². The van der Waals surface area contributed by atoms with Crippen LogP contribution in [-0.4, -0.2) is 73.6 Å². The molecule has 0 aromatic rings. The number of morpholine rings is 1. The summed E-state index contributed by atoms with van der Waals surface area (Å²) in [5.41, 5.74) is 0. The maximum atomic E-state index is 12.6. The van der Waals surface area contributed by atoms with Crippen molar-refractivity contribution in [3.05, 3.63) is 0 Å². The fourth-order valence-electron chi connectivity index (χ4n) is 3.00. The number of likely N-dealkylation sites (N-methyl/N-ethyl adjacent to an activating group) is 1. The number of carbonyl (C=O) groups excluding carboxylic acids is 2. The molecule has 2 unspecified atom stereocenters. The number of ether oxygens (including phenoxy) is 1. The predicted octanol–water partition coefficient (Wildman–Crippen LogP) is -0.556. The van der Waals surface area contributed by atoms with Gasteiger partial charge in [-0.05, 0) is 25.8 Å². The minimum absolute atomic E-state index is 0.000527. The van der Waals surface area contributed by atoms with Crippen LogP contribution in [0.2, 0.25) is 0 Å². The van der Waals surface area contributed by atoms with Gasteiger partial charge >= 0.3 is 0 Å². The summed E-state index contributed by atoms with van der Waals surface area (Å²) in [7, 11) is 2.07. The van der Waals surface area contributed by atoms with E-state index >= 15 is 0 Å². The quantitative estimate of drug-likeness (QED) is 0.753. The van der Waals surface area contributed by atoms with Gasteiger partial charge < -0.3 is 19.9 Å². The second-order valence-electron chi connectivity index (χ2n) is 6.17. The topological polar surface area (TPSA) is 61.9 Å². The van der Waals surface area contributed by atoms with Crippen LogP contribution in [0.3, 0.4) is 0 Å². The smallest absolute Gasteiger partial charge is 0.245 e. The van der Waals surface area contributed by atoms with E-state index in [0.29, 0.717) is 32.0 Å². The van der Waals surface area contributed by atoms with Crippen LogP contribution in [0.25, 0.3) is 0 Å². The zero-order valence-electron chi connectivity index (χ0n) is 12.0. The van der Waals surface area contributed by atoms with E-state index in [2.05, 4.69) is 17.3 Å². The second-order valence-corrected chi connectivity index (χ2v) is 6.17. The van der Waals surface area contributed by atoms with Gasteiger partial charge in [-0.25, -0.2) is 0 Å². The molecule has 112 valence electrons. The van der Waals surface area contributed by atoms with E-state index in [1.807, 2.05) is 4.90 Å². The van der Waals surface area contributed by atoms with E-state index in [9.17, 15) is 9.59 Å². The van der Waals surface area contributed by atoms with Crippen LogP contribution in [-0.2, 0) is 14.3 Å². The first-order valence-corrected chi connectivity index (χ1v) is 7.52. The second kappa shape index (κ2) is 5.69. The average Bonchev–Trinajstić information content (AvgIpc) is 3.24. The lowest BCUT2D eigenvalue weighted by atomic mass is 10.1. The molecular weight excluding hydrogens is 258 g/mol. The molecule has 3 fully saturated rings. The Kier molecular flexibility index (Phi) is 3.94. The molecule has 0 aromatic heterocycles. The molecule has 3 rings (SSSR count). The van der Waals surface area contributed by atoms with E-state index in [-0.39, 0.29) is 24.0 Å². The highest BCUT2D eigenvalue weighted by molar-refractivity contribution is 5.90. The molecule has 6 heteroatoms. The largest absolute Gasteiger partial charge is 0.374 e. The minimum atomic E-state index is -0.300. The highest BCUT2D eigenvalue weighted by atomic mass is 16.5. The number of amides is 2. The summed E-state index contributed by atoms with van der Waals surface area (Å²) in [6.07, 6.45) is 2.56. The molecule has 6 nitrogen and oxygen atoms in total. The van der Waals surface area contributed by atoms with E-state index in [1.165, 1.54) is 0 Å². The Morgan fingerprint density at radius 3 is 2.80 bits per heavy atom. The van der Waals surface area contributed by atoms with Crippen molar-refractivity contribution in [2.24, 2.45) is 5.92 Å². The molecule has 3 aliphatic rings. The molecule has 2 aliphatic heterocycles. The standard InChI is InChI=1S/C14H23N3O3/c1-16-6-7-20-11(8-16)9-17-5-4-12(18)15-13(14(17)19)10-2-3-10/h10-11,13H,2-9H2,1H3,(H,15,18). The molecule has 0 radical (unpaired) electrons. The summed E-state index contributed by atoms with van der Waals surface area (Å²) in [4.78, 5) is 28.3. The van der Waals surface area contributed by atoms with E-state index in [1.54, 1.807) is 0 Å². The average molecular weight is 281 g/mol. The molecule has 2 amide bonds. The maximum absolute atomic E-state index is 12.6. The summed E-state index contributed by atoms with van der Waals surface area (Å²) >= 11 is 0. The SMILES string of the molecule is CN1CCOC(CN2CCC(=O)NC(C3CC3)C2=O)C1. The van der Waals surface area contributed by atoms with Crippen molar-refractivity contribution in [1.29, 1.82) is 0 Å². The third-order valence-corrected chi connectivity index (χ3v) is 4.36. The molecule has 0 spiro atoms. The Labute approximate surface area is 119 Å². The van der Waals surface area contributed by atoms with Crippen LogP contribution >= 0.6 is 0 Å². The molecule has 1 N–H and O–H groups in total. The summed E-state index contributed by atoms with van der Waals surface area (Å²) < 4.78 is 5.74. The molecule has 2 atom stereocenters. The van der Waals surface area contributed by atoms with E-state index in [4.69, 9.17) is 4.74 Å². The first kappa shape index (κ1) is 13.8. The number of hydrogen-bond acceptors (Lipinski definition) is 4. The highest BCUT2D eigenvalue weighted by Crippen LogP contribution is 2.34. The van der Waals surface area contributed by atoms with Crippen molar-refractivity contribution in [2.75, 3.05) is 39.8 Å². The summed E-state index contributed by atoms with van der Waals surface area (Å²) in [6, 6.07) is -0.300. The zero-order chi connectivity index (χ0) is 14.1. The molecule has 2 saturated heterocycles. The normalized spacial score (nSPS) is 33.0. The summed E-state index contributed by atoms with van der Waals surface area (Å²) in [6.45, 7) is 3.61. The fourth-order valence-corrected chi connectivity index (χ4v) is 3.00. The van der Waals surface area contributed by atoms with Crippen molar-refractivity contribution in [1.82, 2.24) is 15.1 Å². The first-order valence-electron chi connectivity index (χ1n) is 7.52. The molecule has 1 aliphatic carbocycles. The Hall–Kier alpha value is -1.14. The molecule has 0 aromatic carbocycles. The van der Waals surface area contributed by atoms with Gasteiger partial charge in [0, 0.05) is 32.6 Å². The van der Waals surface area contributed by atoms with Crippen molar-refractivity contribution in [2.45, 2.75) is 31.4 Å². The number of hydrogen-bond donors (Lipinski definition) is 1. The summed E-state index contributed by atoms with van der Waals surface area (Å²) in [5, 5.41) is 2.89. The van der Waals surface area contributed by atoms with Crippen LogP contribution in [0, 0.1) is 5.92 Å². The molecule has 0 bridgehead atoms. The van der Waals surface area contributed by atoms with Gasteiger partial charge in [-0.15, -0.1) is 0 Å². The van der Waals surface area contributed by atoms with Gasteiger partial charge in [-0.2, -0.15) is 0 Å². The lowest BCUT2D eigenvalue weighted by molar-refractivity contribution is -0.136. The lowest BCUT2D eigenvalue weighted by Gasteiger charge is -2.34. The zero-order valence-corrected chi connectivity index (χ0v) is 12.0. The number of nitrogens with one attached hydrogen (secondary N) is 1. The monoisotopic (exact) mass is 281 g/mol. The van der Waals surface area contributed by atoms with Crippen LogP contribution in [0.1, 0.15) is 19.3 Å². The summed E-state index contributed by atoms with van der Waals surface area (Å²) in [5.74, 6) is 0.427. The number of carbonyl (C=O) groups is 2. The lowest BCUT2D eigenvalue weighted by Crippen LogP contribution is -2.51. The Bertz CT molecular complexity index is 397. The van der Waals surface area contributed by atoms with Crippen molar-refractivity contribution in [3.63, 3.8) is 0 Å². The number of rotatable bonds is 3. The van der Waals surface area contributed by atoms with Gasteiger partial charge in [0.2, 0.25) is 11.8 Å². The Morgan fingerprint density at radius 2 is 2.10 bits per heavy atom. The van der Waals surface area contributed by atoms with Gasteiger partial charge in [0.25, 0.3) is 0 Å². The molecular formula is C14H23N3O3. The van der Waals surface area contributed by atoms with Crippen molar-refractivity contribution in [3.8, 4) is 0 Å². The number of nitrogens with zero attached hydrogens (tertiary/aromatic N) is 2. The van der Waals surface area contributed by atoms with Gasteiger partial charge in [-0.1, -0.05) is 0 Å².